The van der Waals surface area contributed by atoms with Gasteiger partial charge in [0.25, 0.3) is 5.56 Å². The lowest BCUT2D eigenvalue weighted by Crippen LogP contribution is -2.34. The van der Waals surface area contributed by atoms with E-state index >= 15 is 0 Å². The Morgan fingerprint density at radius 3 is 2.41 bits per heavy atom. The molecule has 0 atom stereocenters. The Labute approximate surface area is 199 Å². The van der Waals surface area contributed by atoms with Crippen LogP contribution < -0.4 is 15.8 Å². The molecule has 0 radical (unpaired) electrons. The van der Waals surface area contributed by atoms with Gasteiger partial charge in [-0.2, -0.15) is 10.2 Å². The lowest BCUT2D eigenvalue weighted by molar-refractivity contribution is 0.313. The number of fused-ring (bicyclic) bond motifs is 1. The van der Waals surface area contributed by atoms with Gasteiger partial charge in [-0.3, -0.25) is 9.36 Å². The van der Waals surface area contributed by atoms with Crippen molar-refractivity contribution in [2.45, 2.75) is 44.6 Å². The maximum absolute atomic E-state index is 13.0. The molecule has 3 aromatic rings. The lowest BCUT2D eigenvalue weighted by Gasteiger charge is -2.30. The van der Waals surface area contributed by atoms with Crippen LogP contribution in [0.15, 0.2) is 41.3 Å². The third-order valence-electron chi connectivity index (χ3n) is 7.01. The van der Waals surface area contributed by atoms with Crippen LogP contribution in [0.4, 0.5) is 17.3 Å². The van der Waals surface area contributed by atoms with E-state index in [1.54, 1.807) is 16.8 Å². The SMILES string of the molecule is CN1CCCN(c2ccc(Nc3ncc4cc(C#N)c(=O)n(C5CCCC5)c4n3)cc2)CCC1. The normalized spacial score (nSPS) is 17.9. The van der Waals surface area contributed by atoms with Gasteiger partial charge in [0, 0.05) is 42.1 Å². The molecular formula is C26H31N7O. The first-order valence-corrected chi connectivity index (χ1v) is 12.3. The smallest absolute Gasteiger partial charge is 0.270 e. The molecule has 1 saturated carbocycles. The number of anilines is 3. The molecule has 1 aliphatic carbocycles. The predicted octanol–water partition coefficient (Wildman–Crippen LogP) is 4.05. The van der Waals surface area contributed by atoms with Crippen molar-refractivity contribution in [3.63, 3.8) is 0 Å². The van der Waals surface area contributed by atoms with Crippen LogP contribution in [-0.2, 0) is 0 Å². The number of nitriles is 1. The van der Waals surface area contributed by atoms with Gasteiger partial charge in [0.15, 0.2) is 0 Å². The van der Waals surface area contributed by atoms with Gasteiger partial charge in [0.1, 0.15) is 17.3 Å². The van der Waals surface area contributed by atoms with Crippen molar-refractivity contribution in [2.75, 3.05) is 43.4 Å². The van der Waals surface area contributed by atoms with E-state index in [1.807, 2.05) is 6.07 Å². The van der Waals surface area contributed by atoms with Crippen molar-refractivity contribution in [1.29, 1.82) is 5.26 Å². The van der Waals surface area contributed by atoms with Crippen LogP contribution in [0.25, 0.3) is 11.0 Å². The van der Waals surface area contributed by atoms with Gasteiger partial charge in [-0.1, -0.05) is 12.8 Å². The van der Waals surface area contributed by atoms with E-state index in [1.165, 1.54) is 5.69 Å². The Hall–Kier alpha value is -3.44. The van der Waals surface area contributed by atoms with E-state index in [-0.39, 0.29) is 17.2 Å². The minimum atomic E-state index is -0.254. The first-order chi connectivity index (χ1) is 16.6. The second-order valence-corrected chi connectivity index (χ2v) is 9.43. The van der Waals surface area contributed by atoms with E-state index in [9.17, 15) is 10.1 Å². The molecule has 1 N–H and O–H groups in total. The second-order valence-electron chi connectivity index (χ2n) is 9.43. The fourth-order valence-corrected chi connectivity index (χ4v) is 5.19. The highest BCUT2D eigenvalue weighted by Gasteiger charge is 2.22. The van der Waals surface area contributed by atoms with Crippen LogP contribution in [-0.4, -0.2) is 52.7 Å². The molecule has 176 valence electrons. The van der Waals surface area contributed by atoms with Crippen molar-refractivity contribution in [3.05, 3.63) is 52.4 Å². The summed E-state index contributed by atoms with van der Waals surface area (Å²) in [5.41, 5.74) is 2.62. The Kier molecular flexibility index (Phi) is 6.45. The first-order valence-electron chi connectivity index (χ1n) is 12.3. The Bertz CT molecular complexity index is 1250. The molecule has 2 aliphatic rings. The van der Waals surface area contributed by atoms with Crippen molar-refractivity contribution < 1.29 is 0 Å². The standard InChI is InChI=1S/C26H31N7O/c1-31-12-4-14-32(15-5-13-31)22-10-8-21(9-11-22)29-26-28-18-20-16-19(17-27)25(34)33(24(20)30-26)23-6-2-3-7-23/h8-11,16,18,23H,2-7,12-15H2,1H3,(H,28,29,30). The number of pyridine rings is 1. The number of benzene rings is 1. The van der Waals surface area contributed by atoms with Crippen molar-refractivity contribution in [2.24, 2.45) is 0 Å². The Morgan fingerprint density at radius 2 is 1.74 bits per heavy atom. The molecule has 0 unspecified atom stereocenters. The molecule has 3 heterocycles. The van der Waals surface area contributed by atoms with E-state index < -0.39 is 0 Å². The van der Waals surface area contributed by atoms with Crippen molar-refractivity contribution in [3.8, 4) is 6.07 Å². The third kappa shape index (κ3) is 4.62. The van der Waals surface area contributed by atoms with E-state index in [2.05, 4.69) is 51.4 Å². The summed E-state index contributed by atoms with van der Waals surface area (Å²) in [6, 6.07) is 12.1. The molecule has 2 fully saturated rings. The molecule has 0 bridgehead atoms. The molecule has 8 nitrogen and oxygen atoms in total. The maximum Gasteiger partial charge on any atom is 0.270 e. The number of hydrogen-bond donors (Lipinski definition) is 1. The maximum atomic E-state index is 13.0. The minimum Gasteiger partial charge on any atom is -0.371 e. The summed E-state index contributed by atoms with van der Waals surface area (Å²) in [4.78, 5) is 27.0. The fourth-order valence-electron chi connectivity index (χ4n) is 5.19. The summed E-state index contributed by atoms with van der Waals surface area (Å²) in [5, 5.41) is 13.4. The zero-order chi connectivity index (χ0) is 23.5. The average molecular weight is 458 g/mol. The molecule has 1 aromatic carbocycles. The zero-order valence-electron chi connectivity index (χ0n) is 19.7. The van der Waals surface area contributed by atoms with Crippen LogP contribution in [0.1, 0.15) is 50.1 Å². The van der Waals surface area contributed by atoms with Crippen LogP contribution >= 0.6 is 0 Å². The van der Waals surface area contributed by atoms with E-state index in [0.717, 1.165) is 70.4 Å². The van der Waals surface area contributed by atoms with Gasteiger partial charge in [-0.15, -0.1) is 0 Å². The van der Waals surface area contributed by atoms with E-state index in [0.29, 0.717) is 17.0 Å². The first kappa shape index (κ1) is 22.4. The molecule has 2 aromatic heterocycles. The highest BCUT2D eigenvalue weighted by Crippen LogP contribution is 2.31. The summed E-state index contributed by atoms with van der Waals surface area (Å²) in [6.07, 6.45) is 8.07. The number of rotatable bonds is 4. The van der Waals surface area contributed by atoms with Gasteiger partial charge >= 0.3 is 0 Å². The summed E-state index contributed by atoms with van der Waals surface area (Å²) < 4.78 is 1.72. The Morgan fingerprint density at radius 1 is 1.03 bits per heavy atom. The summed E-state index contributed by atoms with van der Waals surface area (Å²) in [7, 11) is 2.19. The van der Waals surface area contributed by atoms with Crippen LogP contribution in [0, 0.1) is 11.3 Å². The molecule has 1 saturated heterocycles. The molecule has 0 spiro atoms. The molecule has 8 heteroatoms. The quantitative estimate of drug-likeness (QED) is 0.632. The number of nitrogens with zero attached hydrogens (tertiary/aromatic N) is 6. The Balaban J connectivity index is 1.39. The summed E-state index contributed by atoms with van der Waals surface area (Å²) in [6.45, 7) is 4.40. The van der Waals surface area contributed by atoms with Gasteiger partial charge < -0.3 is 15.1 Å². The molecule has 34 heavy (non-hydrogen) atoms. The second kappa shape index (κ2) is 9.82. The predicted molar refractivity (Wildman–Crippen MR) is 135 cm³/mol. The number of nitrogens with one attached hydrogen (secondary N) is 1. The van der Waals surface area contributed by atoms with Gasteiger partial charge in [-0.05, 0) is 76.2 Å². The van der Waals surface area contributed by atoms with Gasteiger partial charge in [-0.25, -0.2) is 4.98 Å². The third-order valence-corrected chi connectivity index (χ3v) is 7.01. The average Bonchev–Trinajstić information content (AvgIpc) is 3.36. The molecule has 0 amide bonds. The van der Waals surface area contributed by atoms with Gasteiger partial charge in [0.2, 0.25) is 5.95 Å². The summed E-state index contributed by atoms with van der Waals surface area (Å²) in [5.74, 6) is 0.449. The molecule has 5 rings (SSSR count). The van der Waals surface area contributed by atoms with Crippen molar-refractivity contribution in [1.82, 2.24) is 19.4 Å². The molecule has 1 aliphatic heterocycles. The monoisotopic (exact) mass is 457 g/mol. The minimum absolute atomic E-state index is 0.0861. The lowest BCUT2D eigenvalue weighted by atomic mass is 10.2. The van der Waals surface area contributed by atoms with Crippen LogP contribution in [0.3, 0.4) is 0 Å². The van der Waals surface area contributed by atoms with Crippen LogP contribution in [0.2, 0.25) is 0 Å². The number of aromatic nitrogens is 3. The van der Waals surface area contributed by atoms with Crippen LogP contribution in [0.5, 0.6) is 0 Å². The fraction of sp³-hybridized carbons (Fsp3) is 0.462. The van der Waals surface area contributed by atoms with E-state index in [4.69, 9.17) is 4.98 Å². The zero-order valence-corrected chi connectivity index (χ0v) is 19.7. The highest BCUT2D eigenvalue weighted by atomic mass is 16.1. The van der Waals surface area contributed by atoms with Crippen molar-refractivity contribution >= 4 is 28.4 Å². The summed E-state index contributed by atoms with van der Waals surface area (Å²) >= 11 is 0. The van der Waals surface area contributed by atoms with Gasteiger partial charge in [0.05, 0.1) is 0 Å². The topological polar surface area (TPSA) is 90.1 Å². The highest BCUT2D eigenvalue weighted by molar-refractivity contribution is 5.77. The number of hydrogen-bond acceptors (Lipinski definition) is 7. The molecular weight excluding hydrogens is 426 g/mol. The largest absolute Gasteiger partial charge is 0.371 e.